The van der Waals surface area contributed by atoms with E-state index in [1.807, 2.05) is 54.6 Å². The zero-order valence-corrected chi connectivity index (χ0v) is 15.6. The molecule has 0 radical (unpaired) electrons. The molecule has 3 rings (SSSR count). The minimum atomic E-state index is -0.520. The number of amides is 2. The number of anilines is 1. The topological polar surface area (TPSA) is 59.1 Å². The molecule has 0 N–H and O–H groups in total. The Labute approximate surface area is 159 Å². The molecule has 6 nitrogen and oxygen atoms in total. The zero-order valence-electron chi connectivity index (χ0n) is 15.6. The van der Waals surface area contributed by atoms with Crippen molar-refractivity contribution in [3.8, 4) is 5.75 Å². The predicted molar refractivity (Wildman–Crippen MR) is 103 cm³/mol. The van der Waals surface area contributed by atoms with Crippen LogP contribution in [0.1, 0.15) is 12.5 Å². The monoisotopic (exact) mass is 368 g/mol. The van der Waals surface area contributed by atoms with Gasteiger partial charge < -0.3 is 19.3 Å². The van der Waals surface area contributed by atoms with Crippen molar-refractivity contribution in [2.24, 2.45) is 0 Å². The summed E-state index contributed by atoms with van der Waals surface area (Å²) >= 11 is 0. The van der Waals surface area contributed by atoms with E-state index in [2.05, 4.69) is 0 Å². The predicted octanol–water partition coefficient (Wildman–Crippen LogP) is 2.48. The first-order valence-corrected chi connectivity index (χ1v) is 8.96. The average molecular weight is 368 g/mol. The third-order valence-corrected chi connectivity index (χ3v) is 4.70. The Bertz CT molecular complexity index is 777. The van der Waals surface area contributed by atoms with Crippen molar-refractivity contribution >= 4 is 17.5 Å². The Hall–Kier alpha value is -2.86. The van der Waals surface area contributed by atoms with Gasteiger partial charge in [-0.1, -0.05) is 30.3 Å². The minimum absolute atomic E-state index is 0.0327. The van der Waals surface area contributed by atoms with Crippen LogP contribution in [0.5, 0.6) is 5.75 Å². The van der Waals surface area contributed by atoms with Crippen LogP contribution in [0.15, 0.2) is 54.6 Å². The van der Waals surface area contributed by atoms with Gasteiger partial charge in [-0.05, 0) is 36.8 Å². The second-order valence-electron chi connectivity index (χ2n) is 6.43. The fourth-order valence-corrected chi connectivity index (χ4v) is 3.14. The van der Waals surface area contributed by atoms with E-state index in [1.165, 1.54) is 0 Å². The lowest BCUT2D eigenvalue weighted by Gasteiger charge is -2.39. The number of nitrogens with zero attached hydrogens (tertiary/aromatic N) is 2. The Morgan fingerprint density at radius 2 is 1.78 bits per heavy atom. The van der Waals surface area contributed by atoms with Gasteiger partial charge in [0.1, 0.15) is 18.4 Å². The number of hydrogen-bond donors (Lipinski definition) is 0. The first kappa shape index (κ1) is 18.9. The van der Waals surface area contributed by atoms with Gasteiger partial charge in [-0.15, -0.1) is 0 Å². The van der Waals surface area contributed by atoms with E-state index in [4.69, 9.17) is 9.47 Å². The molecule has 1 atom stereocenters. The first-order chi connectivity index (χ1) is 13.1. The summed E-state index contributed by atoms with van der Waals surface area (Å²) in [6.45, 7) is 3.04. The molecule has 0 spiro atoms. The molecule has 1 aliphatic heterocycles. The van der Waals surface area contributed by atoms with Crippen molar-refractivity contribution in [2.75, 3.05) is 31.7 Å². The summed E-state index contributed by atoms with van der Waals surface area (Å²) in [6.07, 6.45) is 0. The molecule has 142 valence electrons. The van der Waals surface area contributed by atoms with Crippen molar-refractivity contribution in [3.63, 3.8) is 0 Å². The lowest BCUT2D eigenvalue weighted by Crippen LogP contribution is -2.58. The summed E-state index contributed by atoms with van der Waals surface area (Å²) in [5.41, 5.74) is 1.82. The molecule has 1 aliphatic rings. The molecule has 2 aromatic rings. The van der Waals surface area contributed by atoms with E-state index in [0.29, 0.717) is 19.7 Å². The Kier molecular flexibility index (Phi) is 6.08. The molecule has 0 saturated carbocycles. The van der Waals surface area contributed by atoms with Crippen molar-refractivity contribution in [1.29, 1.82) is 0 Å². The molecule has 1 fully saturated rings. The molecule has 1 saturated heterocycles. The van der Waals surface area contributed by atoms with Gasteiger partial charge in [0.15, 0.2) is 0 Å². The quantitative estimate of drug-likeness (QED) is 0.786. The van der Waals surface area contributed by atoms with Gasteiger partial charge >= 0.3 is 0 Å². The summed E-state index contributed by atoms with van der Waals surface area (Å²) in [4.78, 5) is 28.5. The van der Waals surface area contributed by atoms with E-state index in [1.54, 1.807) is 23.8 Å². The standard InChI is InChI=1S/C21H24N2O4/c1-16-21(25)23(18-8-10-19(26-2)11-9-18)13-12-22(16)20(24)15-27-14-17-6-4-3-5-7-17/h3-11,16H,12-15H2,1-2H3. The Morgan fingerprint density at radius 3 is 2.44 bits per heavy atom. The molecule has 1 heterocycles. The van der Waals surface area contributed by atoms with E-state index in [0.717, 1.165) is 17.0 Å². The smallest absolute Gasteiger partial charge is 0.249 e. The highest BCUT2D eigenvalue weighted by Crippen LogP contribution is 2.23. The highest BCUT2D eigenvalue weighted by molar-refractivity contribution is 6.00. The van der Waals surface area contributed by atoms with Crippen molar-refractivity contribution in [2.45, 2.75) is 19.6 Å². The van der Waals surface area contributed by atoms with Crippen LogP contribution in [-0.2, 0) is 20.9 Å². The summed E-state index contributed by atoms with van der Waals surface area (Å²) in [6, 6.07) is 16.5. The van der Waals surface area contributed by atoms with Gasteiger partial charge in [-0.25, -0.2) is 0 Å². The van der Waals surface area contributed by atoms with Gasteiger partial charge in [-0.3, -0.25) is 9.59 Å². The van der Waals surface area contributed by atoms with Crippen LogP contribution in [0, 0.1) is 0 Å². The third kappa shape index (κ3) is 4.46. The molecule has 6 heteroatoms. The maximum Gasteiger partial charge on any atom is 0.249 e. The highest BCUT2D eigenvalue weighted by atomic mass is 16.5. The third-order valence-electron chi connectivity index (χ3n) is 4.70. The lowest BCUT2D eigenvalue weighted by molar-refractivity contribution is -0.144. The van der Waals surface area contributed by atoms with Crippen LogP contribution in [0.2, 0.25) is 0 Å². The fourth-order valence-electron chi connectivity index (χ4n) is 3.14. The van der Waals surface area contributed by atoms with Gasteiger partial charge in [-0.2, -0.15) is 0 Å². The van der Waals surface area contributed by atoms with Gasteiger partial charge in [0.25, 0.3) is 0 Å². The van der Waals surface area contributed by atoms with Crippen LogP contribution in [0.3, 0.4) is 0 Å². The first-order valence-electron chi connectivity index (χ1n) is 8.96. The summed E-state index contributed by atoms with van der Waals surface area (Å²) < 4.78 is 10.7. The summed E-state index contributed by atoms with van der Waals surface area (Å²) in [5, 5.41) is 0. The number of ether oxygens (including phenoxy) is 2. The summed E-state index contributed by atoms with van der Waals surface area (Å²) in [7, 11) is 1.60. The zero-order chi connectivity index (χ0) is 19.2. The fraction of sp³-hybridized carbons (Fsp3) is 0.333. The van der Waals surface area contributed by atoms with Crippen LogP contribution in [0.4, 0.5) is 5.69 Å². The summed E-state index contributed by atoms with van der Waals surface area (Å²) in [5.74, 6) is 0.479. The molecule has 2 amide bonds. The molecule has 27 heavy (non-hydrogen) atoms. The number of carbonyl (C=O) groups is 2. The number of methoxy groups -OCH3 is 1. The van der Waals surface area contributed by atoms with Crippen molar-refractivity contribution in [3.05, 3.63) is 60.2 Å². The largest absolute Gasteiger partial charge is 0.497 e. The molecular weight excluding hydrogens is 344 g/mol. The number of carbonyl (C=O) groups excluding carboxylic acids is 2. The second kappa shape index (κ2) is 8.68. The normalized spacial score (nSPS) is 17.1. The molecule has 0 aromatic heterocycles. The van der Waals surface area contributed by atoms with Gasteiger partial charge in [0.2, 0.25) is 11.8 Å². The van der Waals surface area contributed by atoms with Crippen molar-refractivity contribution in [1.82, 2.24) is 4.90 Å². The van der Waals surface area contributed by atoms with Crippen LogP contribution in [0.25, 0.3) is 0 Å². The number of benzene rings is 2. The van der Waals surface area contributed by atoms with Crippen LogP contribution < -0.4 is 9.64 Å². The molecule has 0 aliphatic carbocycles. The second-order valence-corrected chi connectivity index (χ2v) is 6.43. The minimum Gasteiger partial charge on any atom is -0.497 e. The van der Waals surface area contributed by atoms with E-state index >= 15 is 0 Å². The number of piperazine rings is 1. The van der Waals surface area contributed by atoms with Crippen molar-refractivity contribution < 1.29 is 19.1 Å². The van der Waals surface area contributed by atoms with Crippen LogP contribution >= 0.6 is 0 Å². The van der Waals surface area contributed by atoms with E-state index < -0.39 is 6.04 Å². The molecule has 2 aromatic carbocycles. The SMILES string of the molecule is COc1ccc(N2CCN(C(=O)COCc3ccccc3)C(C)C2=O)cc1. The molecular formula is C21H24N2O4. The van der Waals surface area contributed by atoms with E-state index in [-0.39, 0.29) is 18.4 Å². The Balaban J connectivity index is 1.56. The van der Waals surface area contributed by atoms with Crippen LogP contribution in [-0.4, -0.2) is 49.6 Å². The molecule has 1 unspecified atom stereocenters. The molecule has 0 bridgehead atoms. The highest BCUT2D eigenvalue weighted by Gasteiger charge is 2.34. The number of hydrogen-bond acceptors (Lipinski definition) is 4. The average Bonchev–Trinajstić information content (AvgIpc) is 2.71. The van der Waals surface area contributed by atoms with Gasteiger partial charge in [0, 0.05) is 18.8 Å². The van der Waals surface area contributed by atoms with Gasteiger partial charge in [0.05, 0.1) is 13.7 Å². The number of rotatable bonds is 6. The maximum absolute atomic E-state index is 12.8. The van der Waals surface area contributed by atoms with E-state index in [9.17, 15) is 9.59 Å². The lowest BCUT2D eigenvalue weighted by atomic mass is 10.1. The maximum atomic E-state index is 12.8. The Morgan fingerprint density at radius 1 is 1.07 bits per heavy atom.